The van der Waals surface area contributed by atoms with Crippen molar-refractivity contribution in [3.05, 3.63) is 88.8 Å². The summed E-state index contributed by atoms with van der Waals surface area (Å²) < 4.78 is 16.0. The molecule has 2 aromatic heterocycles. The Hall–Kier alpha value is -4.36. The number of amides is 1. The number of anilines is 1. The molecule has 0 unspecified atom stereocenters. The average Bonchev–Trinajstić information content (AvgIpc) is 3.22. The molecule has 2 heterocycles. The van der Waals surface area contributed by atoms with Crippen LogP contribution in [-0.2, 0) is 13.6 Å². The molecule has 170 valence electrons. The third kappa shape index (κ3) is 4.84. The fourth-order valence-corrected chi connectivity index (χ4v) is 3.55. The Balaban J connectivity index is 1.46. The molecule has 34 heavy (non-hydrogen) atoms. The Kier molecular flexibility index (Phi) is 6.75. The highest BCUT2D eigenvalue weighted by Gasteiger charge is 2.21. The van der Waals surface area contributed by atoms with E-state index in [0.29, 0.717) is 29.6 Å². The quantitative estimate of drug-likeness (QED) is 0.417. The van der Waals surface area contributed by atoms with E-state index < -0.39 is 17.8 Å². The third-order valence-corrected chi connectivity index (χ3v) is 5.37. The van der Waals surface area contributed by atoms with Gasteiger partial charge in [-0.05, 0) is 36.4 Å². The first-order chi connectivity index (χ1) is 16.5. The number of aromatic nitrogens is 5. The van der Waals surface area contributed by atoms with Gasteiger partial charge in [0, 0.05) is 35.1 Å². The van der Waals surface area contributed by atoms with Crippen LogP contribution in [0.2, 0.25) is 5.02 Å². The lowest BCUT2D eigenvalue weighted by Gasteiger charge is -2.15. The molecule has 0 aliphatic carbocycles. The van der Waals surface area contributed by atoms with E-state index >= 15 is 0 Å². The van der Waals surface area contributed by atoms with E-state index in [9.17, 15) is 14.4 Å². The lowest BCUT2D eigenvalue weighted by atomic mass is 10.1. The molecule has 0 fully saturated rings. The van der Waals surface area contributed by atoms with Gasteiger partial charge in [0.2, 0.25) is 0 Å². The van der Waals surface area contributed by atoms with Crippen LogP contribution in [-0.4, -0.2) is 30.6 Å². The Morgan fingerprint density at radius 1 is 1.24 bits per heavy atom. The normalized spacial score (nSPS) is 11.5. The molecule has 2 aromatic carbocycles. The Morgan fingerprint density at radius 3 is 2.79 bits per heavy atom. The van der Waals surface area contributed by atoms with E-state index in [-0.39, 0.29) is 16.1 Å². The van der Waals surface area contributed by atoms with Crippen molar-refractivity contribution in [2.75, 3.05) is 5.32 Å². The molecule has 0 radical (unpaired) electrons. The Bertz CT molecular complexity index is 1350. The second-order valence-corrected chi connectivity index (χ2v) is 7.61. The fraction of sp³-hybridized carbons (Fsp3) is 0.130. The summed E-state index contributed by atoms with van der Waals surface area (Å²) in [7, 11) is 1.83. The van der Waals surface area contributed by atoms with Crippen LogP contribution in [0.3, 0.4) is 0 Å². The predicted octanol–water partition coefficient (Wildman–Crippen LogP) is 3.67. The monoisotopic (exact) mass is 476 g/mol. The molecule has 11 heteroatoms. The molecule has 0 aliphatic heterocycles. The molecule has 0 spiro atoms. The zero-order chi connectivity index (χ0) is 24.1. The molecular weight excluding hydrogens is 459 g/mol. The molecule has 1 amide bonds. The second-order valence-electron chi connectivity index (χ2n) is 7.20. The van der Waals surface area contributed by atoms with Crippen molar-refractivity contribution in [3.8, 4) is 17.6 Å². The van der Waals surface area contributed by atoms with Crippen LogP contribution in [0.4, 0.5) is 10.1 Å². The Labute approximate surface area is 199 Å². The zero-order valence-electron chi connectivity index (χ0n) is 17.9. The van der Waals surface area contributed by atoms with Gasteiger partial charge in [0.05, 0.1) is 12.6 Å². The van der Waals surface area contributed by atoms with Crippen LogP contribution in [0.15, 0.2) is 61.1 Å². The van der Waals surface area contributed by atoms with Crippen LogP contribution in [0.5, 0.6) is 0 Å². The van der Waals surface area contributed by atoms with E-state index in [2.05, 4.69) is 30.8 Å². The number of nitriles is 1. The van der Waals surface area contributed by atoms with Gasteiger partial charge < -0.3 is 15.2 Å². The minimum Gasteiger partial charge on any atom is -0.378 e. The summed E-state index contributed by atoms with van der Waals surface area (Å²) >= 11 is 6.04. The van der Waals surface area contributed by atoms with Gasteiger partial charge in [0.25, 0.3) is 5.91 Å². The lowest BCUT2D eigenvalue weighted by Crippen LogP contribution is -2.28. The van der Waals surface area contributed by atoms with Crippen LogP contribution in [0.25, 0.3) is 11.5 Å². The van der Waals surface area contributed by atoms with Crippen molar-refractivity contribution in [2.45, 2.75) is 12.6 Å². The molecule has 0 aliphatic rings. The van der Waals surface area contributed by atoms with Gasteiger partial charge in [-0.25, -0.2) is 14.4 Å². The Morgan fingerprint density at radius 2 is 2.06 bits per heavy atom. The molecular formula is C23H18ClFN8O. The number of hydrogen-bond acceptors (Lipinski definition) is 7. The SMILES string of the molecule is Cn1c(CNc2cccc(C(=O)N[C@@H](C#N)c3c(F)cccc3Cl)c2)nnc1-c1ccncn1. The summed E-state index contributed by atoms with van der Waals surface area (Å²) in [5.41, 5.74) is 1.52. The number of carbonyl (C=O) groups excluding carboxylic acids is 1. The van der Waals surface area contributed by atoms with Gasteiger partial charge in [-0.2, -0.15) is 5.26 Å². The zero-order valence-corrected chi connectivity index (χ0v) is 18.7. The summed E-state index contributed by atoms with van der Waals surface area (Å²) in [5.74, 6) is 0.0443. The first-order valence-corrected chi connectivity index (χ1v) is 10.5. The highest BCUT2D eigenvalue weighted by molar-refractivity contribution is 6.31. The molecule has 9 nitrogen and oxygen atoms in total. The van der Waals surface area contributed by atoms with Crippen molar-refractivity contribution in [1.29, 1.82) is 5.26 Å². The van der Waals surface area contributed by atoms with E-state index in [1.807, 2.05) is 17.7 Å². The van der Waals surface area contributed by atoms with Gasteiger partial charge >= 0.3 is 0 Å². The van der Waals surface area contributed by atoms with E-state index in [1.165, 1.54) is 24.5 Å². The minimum atomic E-state index is -1.24. The fourth-order valence-electron chi connectivity index (χ4n) is 3.28. The summed E-state index contributed by atoms with van der Waals surface area (Å²) in [5, 5.41) is 23.6. The van der Waals surface area contributed by atoms with Gasteiger partial charge in [-0.3, -0.25) is 4.79 Å². The second kappa shape index (κ2) is 10.1. The first kappa shape index (κ1) is 22.8. The van der Waals surface area contributed by atoms with Gasteiger partial charge in [-0.1, -0.05) is 23.7 Å². The van der Waals surface area contributed by atoms with E-state index in [1.54, 1.807) is 36.5 Å². The van der Waals surface area contributed by atoms with Gasteiger partial charge in [-0.15, -0.1) is 10.2 Å². The molecule has 0 bridgehead atoms. The molecule has 0 saturated carbocycles. The number of rotatable bonds is 7. The maximum Gasteiger partial charge on any atom is 0.252 e. The number of halogens is 2. The summed E-state index contributed by atoms with van der Waals surface area (Å²) in [6, 6.07) is 13.2. The molecule has 1 atom stereocenters. The van der Waals surface area contributed by atoms with Crippen molar-refractivity contribution in [3.63, 3.8) is 0 Å². The largest absolute Gasteiger partial charge is 0.378 e. The summed E-state index contributed by atoms with van der Waals surface area (Å²) in [6.07, 6.45) is 3.07. The topological polar surface area (TPSA) is 121 Å². The summed E-state index contributed by atoms with van der Waals surface area (Å²) in [6.45, 7) is 0.339. The minimum absolute atomic E-state index is 0.0623. The van der Waals surface area contributed by atoms with Gasteiger partial charge in [0.1, 0.15) is 23.9 Å². The smallest absolute Gasteiger partial charge is 0.252 e. The predicted molar refractivity (Wildman–Crippen MR) is 123 cm³/mol. The van der Waals surface area contributed by atoms with Crippen molar-refractivity contribution >= 4 is 23.2 Å². The van der Waals surface area contributed by atoms with E-state index in [0.717, 1.165) is 0 Å². The van der Waals surface area contributed by atoms with Crippen molar-refractivity contribution in [2.24, 2.45) is 7.05 Å². The number of benzene rings is 2. The van der Waals surface area contributed by atoms with Crippen LogP contribution in [0, 0.1) is 17.1 Å². The van der Waals surface area contributed by atoms with Crippen LogP contribution < -0.4 is 10.6 Å². The van der Waals surface area contributed by atoms with Crippen LogP contribution >= 0.6 is 11.6 Å². The summed E-state index contributed by atoms with van der Waals surface area (Å²) in [4.78, 5) is 20.8. The molecule has 2 N–H and O–H groups in total. The van der Waals surface area contributed by atoms with E-state index in [4.69, 9.17) is 11.6 Å². The first-order valence-electron chi connectivity index (χ1n) is 10.1. The molecule has 4 rings (SSSR count). The number of nitrogens with zero attached hydrogens (tertiary/aromatic N) is 6. The highest BCUT2D eigenvalue weighted by atomic mass is 35.5. The van der Waals surface area contributed by atoms with Crippen molar-refractivity contribution in [1.82, 2.24) is 30.0 Å². The highest BCUT2D eigenvalue weighted by Crippen LogP contribution is 2.26. The average molecular weight is 477 g/mol. The lowest BCUT2D eigenvalue weighted by molar-refractivity contribution is 0.0945. The number of hydrogen-bond donors (Lipinski definition) is 2. The standard InChI is InChI=1S/C23H18ClFN8O/c1-33-20(31-32-22(33)18-8-9-27-13-29-18)12-28-15-5-2-4-14(10-15)23(34)30-19(11-26)21-16(24)6-3-7-17(21)25/h2-10,13,19,28H,12H2,1H3,(H,30,34)/t19-/m0/s1. The molecule has 4 aromatic rings. The maximum absolute atomic E-state index is 14.2. The third-order valence-electron chi connectivity index (χ3n) is 5.04. The van der Waals surface area contributed by atoms with Crippen LogP contribution in [0.1, 0.15) is 27.8 Å². The number of carbonyl (C=O) groups is 1. The molecule has 0 saturated heterocycles. The van der Waals surface area contributed by atoms with Crippen molar-refractivity contribution < 1.29 is 9.18 Å². The van der Waals surface area contributed by atoms with Gasteiger partial charge in [0.15, 0.2) is 11.6 Å². The number of nitrogens with one attached hydrogen (secondary N) is 2. The maximum atomic E-state index is 14.2.